The second-order valence-electron chi connectivity index (χ2n) is 2.80. The molecule has 0 spiro atoms. The number of carbonyl (C=O) groups is 1. The maximum absolute atomic E-state index is 10.3. The smallest absolute Gasteiger partial charge is 0.332 e. The monoisotopic (exact) mass is 217 g/mol. The number of primary amides is 1. The van der Waals surface area contributed by atoms with Gasteiger partial charge in [-0.1, -0.05) is 5.92 Å². The van der Waals surface area contributed by atoms with Crippen molar-refractivity contribution in [1.29, 1.82) is 0 Å². The van der Waals surface area contributed by atoms with Gasteiger partial charge in [-0.15, -0.1) is 6.42 Å². The van der Waals surface area contributed by atoms with Gasteiger partial charge in [0.25, 0.3) is 0 Å². The lowest BCUT2D eigenvalue weighted by Gasteiger charge is -2.01. The van der Waals surface area contributed by atoms with Gasteiger partial charge in [0, 0.05) is 0 Å². The van der Waals surface area contributed by atoms with Gasteiger partial charge in [-0.3, -0.25) is 0 Å². The Morgan fingerprint density at radius 3 is 2.81 bits per heavy atom. The zero-order valence-electron chi connectivity index (χ0n) is 8.51. The van der Waals surface area contributed by atoms with Gasteiger partial charge >= 0.3 is 6.03 Å². The molecule has 2 amide bonds. The van der Waals surface area contributed by atoms with Crippen molar-refractivity contribution in [2.75, 3.05) is 6.61 Å². The normalized spacial score (nSPS) is 9.69. The third-order valence-corrected chi connectivity index (χ3v) is 1.59. The molecule has 1 aromatic carbocycles. The molecule has 0 aromatic heterocycles. The number of nitrogens with zero attached hydrogens (tertiary/aromatic N) is 1. The minimum Gasteiger partial charge on any atom is -0.481 e. The Labute approximate surface area is 93.3 Å². The molecule has 5 heteroatoms. The maximum atomic E-state index is 10.3. The van der Waals surface area contributed by atoms with Crippen molar-refractivity contribution in [2.45, 2.75) is 0 Å². The van der Waals surface area contributed by atoms with Gasteiger partial charge in [0.1, 0.15) is 12.4 Å². The maximum Gasteiger partial charge on any atom is 0.332 e. The lowest BCUT2D eigenvalue weighted by molar-refractivity contribution is 0.249. The number of nitrogens with two attached hydrogens (primary N) is 1. The first-order chi connectivity index (χ1) is 7.72. The van der Waals surface area contributed by atoms with Gasteiger partial charge in [0.05, 0.1) is 6.21 Å². The number of amides is 2. The highest BCUT2D eigenvalue weighted by Gasteiger charge is 1.92. The largest absolute Gasteiger partial charge is 0.481 e. The van der Waals surface area contributed by atoms with E-state index in [0.717, 1.165) is 5.56 Å². The van der Waals surface area contributed by atoms with Gasteiger partial charge in [-0.05, 0) is 29.8 Å². The van der Waals surface area contributed by atoms with Crippen LogP contribution in [0.15, 0.2) is 29.4 Å². The molecule has 0 fully saturated rings. The highest BCUT2D eigenvalue weighted by molar-refractivity contribution is 5.81. The minimum atomic E-state index is -0.703. The number of rotatable bonds is 4. The van der Waals surface area contributed by atoms with Gasteiger partial charge in [-0.2, -0.15) is 5.10 Å². The third-order valence-electron chi connectivity index (χ3n) is 1.59. The number of benzene rings is 1. The summed E-state index contributed by atoms with van der Waals surface area (Å²) in [5.74, 6) is 3.05. The topological polar surface area (TPSA) is 76.7 Å². The Hall–Kier alpha value is -2.48. The zero-order chi connectivity index (χ0) is 11.8. The lowest BCUT2D eigenvalue weighted by atomic mass is 10.2. The van der Waals surface area contributed by atoms with Crippen LogP contribution in [0.1, 0.15) is 5.56 Å². The van der Waals surface area contributed by atoms with Crippen molar-refractivity contribution in [3.05, 3.63) is 29.8 Å². The van der Waals surface area contributed by atoms with Crippen LogP contribution in [0.25, 0.3) is 0 Å². The number of terminal acetylenes is 1. The number of ether oxygens (including phenoxy) is 1. The molecule has 82 valence electrons. The number of urea groups is 1. The van der Waals surface area contributed by atoms with Gasteiger partial charge in [-0.25, -0.2) is 10.2 Å². The average molecular weight is 217 g/mol. The van der Waals surface area contributed by atoms with E-state index in [1.54, 1.807) is 24.3 Å². The second-order valence-corrected chi connectivity index (χ2v) is 2.80. The standard InChI is InChI=1S/C11H11N3O2/c1-2-7-16-10-5-3-9(4-6-10)8-13-14-11(12)15/h1,3-6,8H,7H2,(H3,12,14,15). The Kier molecular flexibility index (Phi) is 4.41. The Morgan fingerprint density at radius 1 is 1.56 bits per heavy atom. The molecule has 0 heterocycles. The molecule has 0 saturated heterocycles. The predicted octanol–water partition coefficient (Wildman–Crippen LogP) is 0.701. The van der Waals surface area contributed by atoms with Crippen LogP contribution in [0.3, 0.4) is 0 Å². The van der Waals surface area contributed by atoms with Crippen molar-refractivity contribution in [3.8, 4) is 18.1 Å². The van der Waals surface area contributed by atoms with E-state index in [1.165, 1.54) is 6.21 Å². The average Bonchev–Trinajstić information content (AvgIpc) is 2.27. The molecule has 0 saturated carbocycles. The SMILES string of the molecule is C#CCOc1ccc(C=NNC(N)=O)cc1. The van der Waals surface area contributed by atoms with Crippen LogP contribution < -0.4 is 15.9 Å². The summed E-state index contributed by atoms with van der Waals surface area (Å²) in [6.07, 6.45) is 6.52. The van der Waals surface area contributed by atoms with E-state index in [4.69, 9.17) is 16.9 Å². The molecule has 16 heavy (non-hydrogen) atoms. The van der Waals surface area contributed by atoms with Crippen LogP contribution in [-0.4, -0.2) is 18.9 Å². The summed E-state index contributed by atoms with van der Waals surface area (Å²) < 4.78 is 5.18. The molecule has 5 nitrogen and oxygen atoms in total. The fourth-order valence-electron chi connectivity index (χ4n) is 0.946. The van der Waals surface area contributed by atoms with Crippen LogP contribution in [0.2, 0.25) is 0 Å². The van der Waals surface area contributed by atoms with Crippen molar-refractivity contribution in [1.82, 2.24) is 5.43 Å². The Balaban J connectivity index is 2.54. The highest BCUT2D eigenvalue weighted by atomic mass is 16.5. The summed E-state index contributed by atoms with van der Waals surface area (Å²) in [5, 5.41) is 3.61. The number of hydrogen-bond acceptors (Lipinski definition) is 3. The second kappa shape index (κ2) is 6.09. The first-order valence-corrected chi connectivity index (χ1v) is 4.47. The molecule has 1 rings (SSSR count). The summed E-state index contributed by atoms with van der Waals surface area (Å²) in [4.78, 5) is 10.3. The summed E-state index contributed by atoms with van der Waals surface area (Å²) in [5.41, 5.74) is 7.73. The van der Waals surface area contributed by atoms with Gasteiger partial charge < -0.3 is 10.5 Å². The summed E-state index contributed by atoms with van der Waals surface area (Å²) >= 11 is 0. The van der Waals surface area contributed by atoms with E-state index in [0.29, 0.717) is 5.75 Å². The lowest BCUT2D eigenvalue weighted by Crippen LogP contribution is -2.24. The highest BCUT2D eigenvalue weighted by Crippen LogP contribution is 2.10. The van der Waals surface area contributed by atoms with Crippen LogP contribution >= 0.6 is 0 Å². The van der Waals surface area contributed by atoms with E-state index in [2.05, 4.69) is 16.4 Å². The Morgan fingerprint density at radius 2 is 2.25 bits per heavy atom. The number of hydrazone groups is 1. The van der Waals surface area contributed by atoms with E-state index < -0.39 is 6.03 Å². The number of hydrogen-bond donors (Lipinski definition) is 2. The number of carbonyl (C=O) groups excluding carboxylic acids is 1. The third kappa shape index (κ3) is 4.15. The fraction of sp³-hybridized carbons (Fsp3) is 0.0909. The van der Waals surface area contributed by atoms with Crippen molar-refractivity contribution >= 4 is 12.2 Å². The molecule has 1 aromatic rings. The molecule has 0 bridgehead atoms. The summed E-state index contributed by atoms with van der Waals surface area (Å²) in [6.45, 7) is 0.233. The van der Waals surface area contributed by atoms with E-state index in [9.17, 15) is 4.79 Å². The molecule has 0 aliphatic rings. The van der Waals surface area contributed by atoms with E-state index >= 15 is 0 Å². The Bertz CT molecular complexity index is 418. The zero-order valence-corrected chi connectivity index (χ0v) is 8.51. The van der Waals surface area contributed by atoms with Crippen molar-refractivity contribution in [2.24, 2.45) is 10.8 Å². The quantitative estimate of drug-likeness (QED) is 0.442. The molecule has 3 N–H and O–H groups in total. The molecule has 0 atom stereocenters. The van der Waals surface area contributed by atoms with Crippen LogP contribution in [0, 0.1) is 12.3 Å². The molecule has 0 unspecified atom stereocenters. The van der Waals surface area contributed by atoms with Crippen molar-refractivity contribution in [3.63, 3.8) is 0 Å². The fourth-order valence-corrected chi connectivity index (χ4v) is 0.946. The molecule has 0 radical (unpaired) electrons. The van der Waals surface area contributed by atoms with E-state index in [1.807, 2.05) is 0 Å². The summed E-state index contributed by atoms with van der Waals surface area (Å²) in [7, 11) is 0. The van der Waals surface area contributed by atoms with Crippen LogP contribution in [0.4, 0.5) is 4.79 Å². The van der Waals surface area contributed by atoms with Gasteiger partial charge in [0.15, 0.2) is 0 Å². The summed E-state index contributed by atoms with van der Waals surface area (Å²) in [6, 6.07) is 6.35. The first kappa shape index (κ1) is 11.6. The van der Waals surface area contributed by atoms with E-state index in [-0.39, 0.29) is 6.61 Å². The molecular weight excluding hydrogens is 206 g/mol. The van der Waals surface area contributed by atoms with Gasteiger partial charge in [0.2, 0.25) is 0 Å². The number of nitrogens with one attached hydrogen (secondary N) is 1. The molecule has 0 aliphatic heterocycles. The van der Waals surface area contributed by atoms with Crippen molar-refractivity contribution < 1.29 is 9.53 Å². The predicted molar refractivity (Wildman–Crippen MR) is 61.1 cm³/mol. The van der Waals surface area contributed by atoms with Crippen LogP contribution in [-0.2, 0) is 0 Å². The molecule has 0 aliphatic carbocycles. The minimum absolute atomic E-state index is 0.233. The van der Waals surface area contributed by atoms with Crippen LogP contribution in [0.5, 0.6) is 5.75 Å². The first-order valence-electron chi connectivity index (χ1n) is 4.47. The molecular formula is C11H11N3O2.